The summed E-state index contributed by atoms with van der Waals surface area (Å²) in [4.78, 5) is 18.6. The highest BCUT2D eigenvalue weighted by Gasteiger charge is 2.19. The summed E-state index contributed by atoms with van der Waals surface area (Å²) in [6.07, 6.45) is 0. The van der Waals surface area contributed by atoms with Gasteiger partial charge in [-0.05, 0) is 35.7 Å². The van der Waals surface area contributed by atoms with E-state index in [4.69, 9.17) is 10.5 Å². The second kappa shape index (κ2) is 6.90. The van der Waals surface area contributed by atoms with E-state index in [9.17, 15) is 4.79 Å². The number of benzene rings is 2. The first-order valence-electron chi connectivity index (χ1n) is 7.97. The van der Waals surface area contributed by atoms with Crippen LogP contribution in [0.15, 0.2) is 69.8 Å². The maximum Gasteiger partial charge on any atom is 0.249 e. The summed E-state index contributed by atoms with van der Waals surface area (Å²) in [5, 5.41) is 3.19. The number of thiophene rings is 1. The van der Waals surface area contributed by atoms with E-state index < -0.39 is 5.91 Å². The lowest BCUT2D eigenvalue weighted by molar-refractivity contribution is 0.100. The third-order valence-corrected chi connectivity index (χ3v) is 6.05. The molecule has 2 aromatic heterocycles. The Kier molecular flexibility index (Phi) is 4.44. The van der Waals surface area contributed by atoms with Gasteiger partial charge in [0.2, 0.25) is 5.91 Å². The van der Waals surface area contributed by atoms with Crippen LogP contribution in [0.2, 0.25) is 0 Å². The second-order valence-corrected chi connectivity index (χ2v) is 7.68. The molecule has 0 fully saturated rings. The van der Waals surface area contributed by atoms with Crippen molar-refractivity contribution < 1.29 is 9.53 Å². The fourth-order valence-electron chi connectivity index (χ4n) is 2.88. The van der Waals surface area contributed by atoms with E-state index in [0.29, 0.717) is 5.56 Å². The van der Waals surface area contributed by atoms with Gasteiger partial charge < -0.3 is 15.5 Å². The highest BCUT2D eigenvalue weighted by molar-refractivity contribution is 7.99. The zero-order valence-corrected chi connectivity index (χ0v) is 15.6. The van der Waals surface area contributed by atoms with Crippen LogP contribution in [0.1, 0.15) is 10.4 Å². The minimum absolute atomic E-state index is 0.434. The zero-order chi connectivity index (χ0) is 18.1. The number of primary amides is 1. The average Bonchev–Trinajstić information content (AvgIpc) is 3.24. The molecular weight excluding hydrogens is 364 g/mol. The van der Waals surface area contributed by atoms with Crippen LogP contribution in [-0.2, 0) is 0 Å². The van der Waals surface area contributed by atoms with E-state index >= 15 is 0 Å². The molecule has 0 saturated heterocycles. The van der Waals surface area contributed by atoms with E-state index in [1.54, 1.807) is 36.3 Å². The molecule has 4 rings (SSSR count). The molecule has 0 unspecified atom stereocenters. The highest BCUT2D eigenvalue weighted by atomic mass is 32.2. The standard InChI is InChI=1S/C20H16N2O2S2/c1-24-12-5-4-6-13(11-12)26-18-16-9-10-25-20(16)22-17(18)14-7-2-3-8-15(14)19(21)23/h2-11,22H,1H3,(H2,21,23). The van der Waals surface area contributed by atoms with E-state index in [2.05, 4.69) is 16.4 Å². The molecule has 0 aliphatic rings. The van der Waals surface area contributed by atoms with E-state index in [1.165, 1.54) is 0 Å². The van der Waals surface area contributed by atoms with Gasteiger partial charge >= 0.3 is 0 Å². The first-order valence-corrected chi connectivity index (χ1v) is 9.67. The minimum atomic E-state index is -0.434. The number of H-pyrrole nitrogens is 1. The van der Waals surface area contributed by atoms with E-state index in [-0.39, 0.29) is 0 Å². The number of nitrogens with one attached hydrogen (secondary N) is 1. The molecule has 0 radical (unpaired) electrons. The molecule has 6 heteroatoms. The Balaban J connectivity index is 1.88. The Hall–Kier alpha value is -2.70. The van der Waals surface area contributed by atoms with Gasteiger partial charge in [0.15, 0.2) is 0 Å². The first-order chi connectivity index (χ1) is 12.7. The quantitative estimate of drug-likeness (QED) is 0.503. The van der Waals surface area contributed by atoms with Gasteiger partial charge in [0.1, 0.15) is 10.6 Å². The second-order valence-electron chi connectivity index (χ2n) is 5.68. The number of aromatic nitrogens is 1. The van der Waals surface area contributed by atoms with Crippen LogP contribution >= 0.6 is 23.1 Å². The average molecular weight is 380 g/mol. The molecule has 26 heavy (non-hydrogen) atoms. The van der Waals surface area contributed by atoms with Crippen LogP contribution < -0.4 is 10.5 Å². The fourth-order valence-corrected chi connectivity index (χ4v) is 4.85. The van der Waals surface area contributed by atoms with Gasteiger partial charge in [-0.3, -0.25) is 4.79 Å². The van der Waals surface area contributed by atoms with E-state index in [0.717, 1.165) is 37.0 Å². The number of hydrogen-bond acceptors (Lipinski definition) is 4. The number of hydrogen-bond donors (Lipinski definition) is 2. The minimum Gasteiger partial charge on any atom is -0.497 e. The SMILES string of the molecule is COc1cccc(Sc2c(-c3ccccc3C(N)=O)[nH]c3sccc23)c1. The van der Waals surface area contributed by atoms with Crippen LogP contribution in [0, 0.1) is 0 Å². The maximum atomic E-state index is 11.9. The number of carbonyl (C=O) groups excluding carboxylic acids is 1. The number of amides is 1. The van der Waals surface area contributed by atoms with Gasteiger partial charge in [0.25, 0.3) is 0 Å². The predicted octanol–water partition coefficient (Wildman–Crippen LogP) is 5.16. The lowest BCUT2D eigenvalue weighted by atomic mass is 10.0. The number of methoxy groups -OCH3 is 1. The van der Waals surface area contributed by atoms with Crippen molar-refractivity contribution in [1.29, 1.82) is 0 Å². The number of aromatic amines is 1. The number of carbonyl (C=O) groups is 1. The number of ether oxygens (including phenoxy) is 1. The normalized spacial score (nSPS) is 11.0. The number of rotatable bonds is 5. The number of nitrogens with two attached hydrogens (primary N) is 1. The predicted molar refractivity (Wildman–Crippen MR) is 107 cm³/mol. The van der Waals surface area contributed by atoms with Crippen molar-refractivity contribution >= 4 is 39.2 Å². The third-order valence-electron chi connectivity index (χ3n) is 4.10. The molecule has 0 bridgehead atoms. The molecule has 4 aromatic rings. The molecule has 0 atom stereocenters. The van der Waals surface area contributed by atoms with Gasteiger partial charge in [-0.2, -0.15) is 0 Å². The van der Waals surface area contributed by atoms with Gasteiger partial charge in [-0.25, -0.2) is 0 Å². The molecule has 1 amide bonds. The van der Waals surface area contributed by atoms with Crippen molar-refractivity contribution in [3.05, 3.63) is 65.5 Å². The van der Waals surface area contributed by atoms with Gasteiger partial charge in [-0.15, -0.1) is 11.3 Å². The molecule has 0 saturated carbocycles. The Morgan fingerprint density at radius 1 is 1.15 bits per heavy atom. The Morgan fingerprint density at radius 2 is 2.00 bits per heavy atom. The fraction of sp³-hybridized carbons (Fsp3) is 0.0500. The summed E-state index contributed by atoms with van der Waals surface area (Å²) in [6, 6.07) is 17.4. The zero-order valence-electron chi connectivity index (χ0n) is 14.0. The molecular formula is C20H16N2O2S2. The van der Waals surface area contributed by atoms with E-state index in [1.807, 2.05) is 42.5 Å². The summed E-state index contributed by atoms with van der Waals surface area (Å²) < 4.78 is 5.33. The Labute approximate surface area is 159 Å². The highest BCUT2D eigenvalue weighted by Crippen LogP contribution is 2.44. The van der Waals surface area contributed by atoms with Crippen LogP contribution in [0.4, 0.5) is 0 Å². The van der Waals surface area contributed by atoms with Crippen LogP contribution in [-0.4, -0.2) is 18.0 Å². The molecule has 3 N–H and O–H groups in total. The van der Waals surface area contributed by atoms with Crippen molar-refractivity contribution in [2.75, 3.05) is 7.11 Å². The lowest BCUT2D eigenvalue weighted by Crippen LogP contribution is -2.12. The Bertz CT molecular complexity index is 1100. The smallest absolute Gasteiger partial charge is 0.249 e. The monoisotopic (exact) mass is 380 g/mol. The van der Waals surface area contributed by atoms with Crippen LogP contribution in [0.5, 0.6) is 5.75 Å². The summed E-state index contributed by atoms with van der Waals surface area (Å²) in [6.45, 7) is 0. The van der Waals surface area contributed by atoms with Crippen molar-refractivity contribution in [1.82, 2.24) is 4.98 Å². The van der Waals surface area contributed by atoms with Gasteiger partial charge in [-0.1, -0.05) is 36.0 Å². The topological polar surface area (TPSA) is 68.1 Å². The Morgan fingerprint density at radius 3 is 2.81 bits per heavy atom. The summed E-state index contributed by atoms with van der Waals surface area (Å²) in [7, 11) is 1.66. The molecule has 0 aliphatic heterocycles. The summed E-state index contributed by atoms with van der Waals surface area (Å²) >= 11 is 3.28. The molecule has 130 valence electrons. The van der Waals surface area contributed by atoms with Gasteiger partial charge in [0, 0.05) is 26.3 Å². The largest absolute Gasteiger partial charge is 0.497 e. The first kappa shape index (κ1) is 16.8. The molecule has 2 heterocycles. The third kappa shape index (κ3) is 2.98. The molecule has 0 aliphatic carbocycles. The maximum absolute atomic E-state index is 11.9. The number of fused-ring (bicyclic) bond motifs is 1. The molecule has 2 aromatic carbocycles. The van der Waals surface area contributed by atoms with Crippen LogP contribution in [0.25, 0.3) is 21.5 Å². The van der Waals surface area contributed by atoms with Gasteiger partial charge in [0.05, 0.1) is 12.8 Å². The molecule has 0 spiro atoms. The van der Waals surface area contributed by atoms with Crippen molar-refractivity contribution in [2.45, 2.75) is 9.79 Å². The van der Waals surface area contributed by atoms with Crippen molar-refractivity contribution in [2.24, 2.45) is 5.73 Å². The van der Waals surface area contributed by atoms with Crippen molar-refractivity contribution in [3.8, 4) is 17.0 Å². The molecule has 4 nitrogen and oxygen atoms in total. The summed E-state index contributed by atoms with van der Waals surface area (Å²) in [5.74, 6) is 0.377. The van der Waals surface area contributed by atoms with Crippen molar-refractivity contribution in [3.63, 3.8) is 0 Å². The van der Waals surface area contributed by atoms with Crippen LogP contribution in [0.3, 0.4) is 0 Å². The lowest BCUT2D eigenvalue weighted by Gasteiger charge is -2.09. The summed E-state index contributed by atoms with van der Waals surface area (Å²) in [5.41, 5.74) is 7.82.